The Hall–Kier alpha value is -2.43. The second-order valence-electron chi connectivity index (χ2n) is 4.19. The van der Waals surface area contributed by atoms with Gasteiger partial charge in [0.15, 0.2) is 0 Å². The zero-order chi connectivity index (χ0) is 13.8. The normalized spacial score (nSPS) is 11.9. The van der Waals surface area contributed by atoms with E-state index >= 15 is 0 Å². The molecule has 5 heteroatoms. The van der Waals surface area contributed by atoms with Gasteiger partial charge in [0, 0.05) is 5.56 Å². The lowest BCUT2D eigenvalue weighted by atomic mass is 10.1. The van der Waals surface area contributed by atoms with Crippen LogP contribution in [0.25, 0.3) is 0 Å². The zero-order valence-corrected chi connectivity index (χ0v) is 10.4. The van der Waals surface area contributed by atoms with E-state index in [0.29, 0.717) is 11.3 Å². The van der Waals surface area contributed by atoms with Crippen molar-refractivity contribution in [3.63, 3.8) is 0 Å². The third kappa shape index (κ3) is 3.07. The summed E-state index contributed by atoms with van der Waals surface area (Å²) in [5.74, 6) is -0.712. The summed E-state index contributed by atoms with van der Waals surface area (Å²) in [6, 6.07) is 9.01. The second kappa shape index (κ2) is 5.48. The lowest BCUT2D eigenvalue weighted by Gasteiger charge is -2.14. The molecule has 2 aromatic rings. The standard InChI is InChI=1S/C14H14FN3O/c1-9(11-4-2-3-5-12(11)15)18-14(19)13-7-6-10(16)8-17-13/h2-9H,16H2,1H3,(H,18,19)/t9-/m1/s1. The second-order valence-corrected chi connectivity index (χ2v) is 4.19. The van der Waals surface area contributed by atoms with Crippen LogP contribution in [-0.4, -0.2) is 10.9 Å². The number of aromatic nitrogens is 1. The minimum absolute atomic E-state index is 0.248. The van der Waals surface area contributed by atoms with Gasteiger partial charge in [-0.15, -0.1) is 0 Å². The van der Waals surface area contributed by atoms with Gasteiger partial charge in [-0.05, 0) is 25.1 Å². The van der Waals surface area contributed by atoms with Crippen molar-refractivity contribution in [2.75, 3.05) is 5.73 Å². The number of halogens is 1. The number of amides is 1. The van der Waals surface area contributed by atoms with E-state index in [1.807, 2.05) is 0 Å². The van der Waals surface area contributed by atoms with Crippen LogP contribution in [0.1, 0.15) is 29.0 Å². The van der Waals surface area contributed by atoms with Crippen molar-refractivity contribution < 1.29 is 9.18 Å². The molecular weight excluding hydrogens is 245 g/mol. The average molecular weight is 259 g/mol. The first-order valence-electron chi connectivity index (χ1n) is 5.84. The van der Waals surface area contributed by atoms with Crippen molar-refractivity contribution in [1.29, 1.82) is 0 Å². The van der Waals surface area contributed by atoms with Crippen molar-refractivity contribution in [3.8, 4) is 0 Å². The van der Waals surface area contributed by atoms with Crippen LogP contribution in [0.4, 0.5) is 10.1 Å². The first-order valence-corrected chi connectivity index (χ1v) is 5.84. The van der Waals surface area contributed by atoms with E-state index in [0.717, 1.165) is 0 Å². The molecule has 1 aromatic carbocycles. The van der Waals surface area contributed by atoms with E-state index in [-0.39, 0.29) is 17.4 Å². The summed E-state index contributed by atoms with van der Waals surface area (Å²) >= 11 is 0. The molecule has 0 unspecified atom stereocenters. The highest BCUT2D eigenvalue weighted by Gasteiger charge is 2.14. The van der Waals surface area contributed by atoms with Crippen LogP contribution in [0.5, 0.6) is 0 Å². The van der Waals surface area contributed by atoms with Crippen molar-refractivity contribution >= 4 is 11.6 Å². The number of hydrogen-bond acceptors (Lipinski definition) is 3. The number of rotatable bonds is 3. The minimum Gasteiger partial charge on any atom is -0.397 e. The summed E-state index contributed by atoms with van der Waals surface area (Å²) in [4.78, 5) is 15.8. The minimum atomic E-state index is -0.437. The quantitative estimate of drug-likeness (QED) is 0.888. The Labute approximate surface area is 110 Å². The molecule has 1 atom stereocenters. The van der Waals surface area contributed by atoms with E-state index in [2.05, 4.69) is 10.3 Å². The summed E-state index contributed by atoms with van der Waals surface area (Å²) in [7, 11) is 0. The number of nitrogens with zero attached hydrogens (tertiary/aromatic N) is 1. The van der Waals surface area contributed by atoms with Gasteiger partial charge in [0.25, 0.3) is 5.91 Å². The number of pyridine rings is 1. The monoisotopic (exact) mass is 259 g/mol. The van der Waals surface area contributed by atoms with Gasteiger partial charge in [0.2, 0.25) is 0 Å². The molecule has 0 aliphatic heterocycles. The molecule has 0 fully saturated rings. The number of nitrogens with two attached hydrogens (primary N) is 1. The van der Waals surface area contributed by atoms with Crippen molar-refractivity contribution in [3.05, 3.63) is 59.7 Å². The Morgan fingerprint density at radius 1 is 1.32 bits per heavy atom. The fourth-order valence-corrected chi connectivity index (χ4v) is 1.71. The van der Waals surface area contributed by atoms with Crippen LogP contribution >= 0.6 is 0 Å². The number of hydrogen-bond donors (Lipinski definition) is 2. The Morgan fingerprint density at radius 2 is 2.05 bits per heavy atom. The molecule has 98 valence electrons. The summed E-state index contributed by atoms with van der Waals surface area (Å²) in [6.07, 6.45) is 1.41. The predicted octanol–water partition coefficient (Wildman–Crippen LogP) is 2.29. The summed E-state index contributed by atoms with van der Waals surface area (Å²) in [6.45, 7) is 1.72. The van der Waals surface area contributed by atoms with Crippen LogP contribution in [-0.2, 0) is 0 Å². The lowest BCUT2D eigenvalue weighted by molar-refractivity contribution is 0.0934. The third-order valence-corrected chi connectivity index (χ3v) is 2.74. The maximum atomic E-state index is 13.6. The van der Waals surface area contributed by atoms with Crippen molar-refractivity contribution in [1.82, 2.24) is 10.3 Å². The summed E-state index contributed by atoms with van der Waals surface area (Å²) in [5, 5.41) is 2.69. The first kappa shape index (κ1) is 13.0. The average Bonchev–Trinajstić information content (AvgIpc) is 2.39. The van der Waals surface area contributed by atoms with Gasteiger partial charge in [0.05, 0.1) is 17.9 Å². The van der Waals surface area contributed by atoms with Crippen LogP contribution in [0.15, 0.2) is 42.6 Å². The highest BCUT2D eigenvalue weighted by Crippen LogP contribution is 2.16. The largest absolute Gasteiger partial charge is 0.397 e. The van der Waals surface area contributed by atoms with E-state index in [1.165, 1.54) is 18.3 Å². The van der Waals surface area contributed by atoms with Crippen LogP contribution in [0.2, 0.25) is 0 Å². The number of nitrogens with one attached hydrogen (secondary N) is 1. The lowest BCUT2D eigenvalue weighted by Crippen LogP contribution is -2.27. The predicted molar refractivity (Wildman–Crippen MR) is 70.9 cm³/mol. The highest BCUT2D eigenvalue weighted by molar-refractivity contribution is 5.92. The van der Waals surface area contributed by atoms with Crippen LogP contribution in [0.3, 0.4) is 0 Å². The fourth-order valence-electron chi connectivity index (χ4n) is 1.71. The molecule has 0 aliphatic rings. The number of carbonyl (C=O) groups is 1. The molecule has 3 N–H and O–H groups in total. The highest BCUT2D eigenvalue weighted by atomic mass is 19.1. The van der Waals surface area contributed by atoms with Gasteiger partial charge in [0.1, 0.15) is 11.5 Å². The van der Waals surface area contributed by atoms with Crippen molar-refractivity contribution in [2.24, 2.45) is 0 Å². The van der Waals surface area contributed by atoms with Gasteiger partial charge >= 0.3 is 0 Å². The molecular formula is C14H14FN3O. The molecule has 1 amide bonds. The zero-order valence-electron chi connectivity index (χ0n) is 10.4. The Morgan fingerprint density at radius 3 is 2.68 bits per heavy atom. The number of benzene rings is 1. The first-order chi connectivity index (χ1) is 9.08. The van der Waals surface area contributed by atoms with E-state index in [4.69, 9.17) is 5.73 Å². The Balaban J connectivity index is 2.11. The number of anilines is 1. The van der Waals surface area contributed by atoms with Gasteiger partial charge < -0.3 is 11.1 Å². The SMILES string of the molecule is C[C@@H](NC(=O)c1ccc(N)cn1)c1ccccc1F. The summed E-state index contributed by atoms with van der Waals surface area (Å²) < 4.78 is 13.6. The van der Waals surface area contributed by atoms with Crippen LogP contribution in [0, 0.1) is 5.82 Å². The summed E-state index contributed by atoms with van der Waals surface area (Å²) in [5.41, 5.74) is 6.66. The molecule has 2 rings (SSSR count). The molecule has 0 saturated heterocycles. The Bertz CT molecular complexity index is 583. The number of carbonyl (C=O) groups excluding carboxylic acids is 1. The molecule has 1 aromatic heterocycles. The molecule has 0 radical (unpaired) electrons. The topological polar surface area (TPSA) is 68.0 Å². The van der Waals surface area contributed by atoms with Gasteiger partial charge in [-0.2, -0.15) is 0 Å². The molecule has 0 spiro atoms. The molecule has 19 heavy (non-hydrogen) atoms. The van der Waals surface area contributed by atoms with Crippen molar-refractivity contribution in [2.45, 2.75) is 13.0 Å². The third-order valence-electron chi connectivity index (χ3n) is 2.74. The van der Waals surface area contributed by atoms with E-state index < -0.39 is 6.04 Å². The van der Waals surface area contributed by atoms with E-state index in [1.54, 1.807) is 31.2 Å². The number of nitrogen functional groups attached to an aromatic ring is 1. The fraction of sp³-hybridized carbons (Fsp3) is 0.143. The smallest absolute Gasteiger partial charge is 0.270 e. The maximum Gasteiger partial charge on any atom is 0.270 e. The molecule has 0 bridgehead atoms. The molecule has 0 aliphatic carbocycles. The Kier molecular flexibility index (Phi) is 3.75. The molecule has 0 saturated carbocycles. The molecule has 4 nitrogen and oxygen atoms in total. The van der Waals surface area contributed by atoms with Gasteiger partial charge in [-0.25, -0.2) is 9.37 Å². The van der Waals surface area contributed by atoms with Gasteiger partial charge in [-0.3, -0.25) is 4.79 Å². The van der Waals surface area contributed by atoms with E-state index in [9.17, 15) is 9.18 Å². The van der Waals surface area contributed by atoms with Gasteiger partial charge in [-0.1, -0.05) is 18.2 Å². The maximum absolute atomic E-state index is 13.6. The molecule has 1 heterocycles. The van der Waals surface area contributed by atoms with Crippen LogP contribution < -0.4 is 11.1 Å².